The van der Waals surface area contributed by atoms with Gasteiger partial charge < -0.3 is 28.7 Å². The summed E-state index contributed by atoms with van der Waals surface area (Å²) in [7, 11) is 3.15. The summed E-state index contributed by atoms with van der Waals surface area (Å²) in [6, 6.07) is 17.2. The van der Waals surface area contributed by atoms with Gasteiger partial charge in [0.05, 0.1) is 48.8 Å². The molecule has 0 N–H and O–H groups in total. The fraction of sp³-hybridized carbons (Fsp3) is 0.268. The summed E-state index contributed by atoms with van der Waals surface area (Å²) < 4.78 is 24.2. The lowest BCUT2D eigenvalue weighted by atomic mass is 10.0. The highest BCUT2D eigenvalue weighted by Crippen LogP contribution is 2.41. The minimum Gasteiger partial charge on any atom is -0.493 e. The SMILES string of the molecule is COc1cc2c(cc1OCc1cc(CBr)cc(COc3cc4c(cc3OC)C(=O)N3Cc5ccsc5C[C@H]3C=N4)c1)N=C[C@@H]1Cc3sccc3CN1C2=O. The highest BCUT2D eigenvalue weighted by Gasteiger charge is 2.35. The molecule has 13 heteroatoms. The van der Waals surface area contributed by atoms with Crippen molar-refractivity contribution in [1.82, 2.24) is 9.80 Å². The van der Waals surface area contributed by atoms with Gasteiger partial charge in [0, 0.05) is 65.6 Å². The van der Waals surface area contributed by atoms with Gasteiger partial charge in [-0.25, -0.2) is 0 Å². The topological polar surface area (TPSA) is 102 Å². The van der Waals surface area contributed by atoms with E-state index < -0.39 is 0 Å². The first-order valence-electron chi connectivity index (χ1n) is 17.6. The van der Waals surface area contributed by atoms with Crippen LogP contribution >= 0.6 is 38.6 Å². The van der Waals surface area contributed by atoms with Crippen LogP contribution in [0.2, 0.25) is 0 Å². The number of halogens is 1. The van der Waals surface area contributed by atoms with Gasteiger partial charge in [0.2, 0.25) is 0 Å². The van der Waals surface area contributed by atoms with Crippen molar-refractivity contribution in [2.45, 2.75) is 56.6 Å². The highest BCUT2D eigenvalue weighted by atomic mass is 79.9. The minimum atomic E-state index is -0.0995. The molecule has 0 radical (unpaired) electrons. The van der Waals surface area contributed by atoms with Crippen molar-refractivity contribution in [1.29, 1.82) is 0 Å². The van der Waals surface area contributed by atoms with Crippen LogP contribution in [0, 0.1) is 0 Å². The third-order valence-electron chi connectivity index (χ3n) is 10.3. The molecule has 0 bridgehead atoms. The van der Waals surface area contributed by atoms with E-state index in [0.29, 0.717) is 63.9 Å². The summed E-state index contributed by atoms with van der Waals surface area (Å²) in [5.74, 6) is 1.79. The molecule has 0 saturated heterocycles. The number of benzene rings is 3. The largest absolute Gasteiger partial charge is 0.493 e. The normalized spacial score (nSPS) is 18.1. The van der Waals surface area contributed by atoms with Crippen molar-refractivity contribution >= 4 is 74.2 Å². The van der Waals surface area contributed by atoms with E-state index in [1.165, 1.54) is 20.9 Å². The van der Waals surface area contributed by atoms with Crippen molar-refractivity contribution in [3.8, 4) is 23.0 Å². The van der Waals surface area contributed by atoms with Crippen LogP contribution in [-0.2, 0) is 44.5 Å². The fourth-order valence-electron chi connectivity index (χ4n) is 7.53. The molecular weight excluding hydrogens is 789 g/mol. The number of ether oxygens (including phenoxy) is 4. The lowest BCUT2D eigenvalue weighted by Gasteiger charge is -2.32. The molecule has 54 heavy (non-hydrogen) atoms. The minimum absolute atomic E-state index is 0.0682. The van der Waals surface area contributed by atoms with Crippen LogP contribution in [0.1, 0.15) is 58.3 Å². The molecule has 3 aromatic carbocycles. The summed E-state index contributed by atoms with van der Waals surface area (Å²) in [4.78, 5) is 43.4. The number of hydrogen-bond donors (Lipinski definition) is 0. The second-order valence-corrected chi connectivity index (χ2v) is 16.2. The molecule has 0 fully saturated rings. The number of aliphatic imine (C=N–C) groups is 2. The lowest BCUT2D eigenvalue weighted by Crippen LogP contribution is -2.44. The standard InChI is InChI=1S/C41H35BrN4O6S2/c1-49-34-12-30-32(43-17-28-10-38-26(3-5-53-38)19-45(28)40(30)47)14-36(34)51-21-24-7-23(16-42)8-25(9-24)22-52-37-15-33-31(13-35(37)50-2)41(48)46-20-27-4-6-54-39(27)11-29(46)18-44-33/h3-9,12-15,17-18,28-29H,10-11,16,19-22H2,1-2H3/t28-,29-/m0/s1. The first-order chi connectivity index (χ1) is 26.4. The molecule has 2 atom stereocenters. The Balaban J connectivity index is 0.926. The number of methoxy groups -OCH3 is 2. The van der Waals surface area contributed by atoms with Gasteiger partial charge in [-0.15, -0.1) is 22.7 Å². The van der Waals surface area contributed by atoms with Gasteiger partial charge >= 0.3 is 0 Å². The Morgan fingerprint density at radius 3 is 1.57 bits per heavy atom. The monoisotopic (exact) mass is 822 g/mol. The number of carbonyl (C=O) groups excluding carboxylic acids is 2. The van der Waals surface area contributed by atoms with E-state index in [-0.39, 0.29) is 37.1 Å². The van der Waals surface area contributed by atoms with E-state index in [9.17, 15) is 9.59 Å². The van der Waals surface area contributed by atoms with E-state index in [4.69, 9.17) is 28.9 Å². The number of hydrogen-bond acceptors (Lipinski definition) is 10. The summed E-state index contributed by atoms with van der Waals surface area (Å²) in [5, 5.41) is 4.80. The first-order valence-corrected chi connectivity index (χ1v) is 20.4. The summed E-state index contributed by atoms with van der Waals surface area (Å²) >= 11 is 7.07. The van der Waals surface area contributed by atoms with Crippen molar-refractivity contribution in [3.63, 3.8) is 0 Å². The molecule has 274 valence electrons. The summed E-state index contributed by atoms with van der Waals surface area (Å²) in [6.45, 7) is 1.62. The van der Waals surface area contributed by atoms with Crippen LogP contribution in [0.5, 0.6) is 23.0 Å². The Labute approximate surface area is 328 Å². The Morgan fingerprint density at radius 2 is 1.13 bits per heavy atom. The van der Waals surface area contributed by atoms with Gasteiger partial charge in [0.1, 0.15) is 13.2 Å². The van der Waals surface area contributed by atoms with Crippen LogP contribution in [0.25, 0.3) is 0 Å². The molecule has 2 aromatic heterocycles. The average molecular weight is 824 g/mol. The quantitative estimate of drug-likeness (QED) is 0.138. The lowest BCUT2D eigenvalue weighted by molar-refractivity contribution is 0.0697. The van der Waals surface area contributed by atoms with Crippen LogP contribution < -0.4 is 18.9 Å². The van der Waals surface area contributed by atoms with E-state index in [1.54, 1.807) is 61.2 Å². The van der Waals surface area contributed by atoms with Crippen molar-refractivity contribution in [2.75, 3.05) is 14.2 Å². The van der Waals surface area contributed by atoms with Gasteiger partial charge in [0.15, 0.2) is 23.0 Å². The maximum atomic E-state index is 13.8. The van der Waals surface area contributed by atoms with E-state index >= 15 is 0 Å². The van der Waals surface area contributed by atoms with Crippen LogP contribution in [0.3, 0.4) is 0 Å². The number of carbonyl (C=O) groups is 2. The zero-order valence-electron chi connectivity index (χ0n) is 29.5. The smallest absolute Gasteiger partial charge is 0.257 e. The summed E-state index contributed by atoms with van der Waals surface area (Å²) in [6.07, 6.45) is 5.27. The van der Waals surface area contributed by atoms with Crippen LogP contribution in [-0.4, -0.2) is 60.3 Å². The van der Waals surface area contributed by atoms with Gasteiger partial charge in [-0.2, -0.15) is 0 Å². The molecule has 0 aliphatic carbocycles. The third kappa shape index (κ3) is 6.37. The molecule has 2 amide bonds. The summed E-state index contributed by atoms with van der Waals surface area (Å²) in [5.41, 5.74) is 7.41. The van der Waals surface area contributed by atoms with Crippen LogP contribution in [0.15, 0.2) is 75.3 Å². The zero-order valence-corrected chi connectivity index (χ0v) is 32.8. The predicted octanol–water partition coefficient (Wildman–Crippen LogP) is 8.45. The first kappa shape index (κ1) is 34.8. The molecule has 4 aliphatic rings. The number of rotatable bonds is 9. The van der Waals surface area contributed by atoms with Crippen molar-refractivity contribution < 1.29 is 28.5 Å². The molecule has 5 aromatic rings. The van der Waals surface area contributed by atoms with Crippen molar-refractivity contribution in [3.05, 3.63) is 114 Å². The Bertz CT molecular complexity index is 2210. The number of fused-ring (bicyclic) bond motifs is 6. The number of nitrogens with zero attached hydrogens (tertiary/aromatic N) is 4. The number of alkyl halides is 1. The highest BCUT2D eigenvalue weighted by molar-refractivity contribution is 9.08. The molecule has 4 aliphatic heterocycles. The van der Waals surface area contributed by atoms with Gasteiger partial charge in [0.25, 0.3) is 11.8 Å². The third-order valence-corrected chi connectivity index (χ3v) is 12.9. The predicted molar refractivity (Wildman–Crippen MR) is 213 cm³/mol. The Hall–Kier alpha value is -4.98. The molecule has 0 unspecified atom stereocenters. The van der Waals surface area contributed by atoms with Gasteiger partial charge in [-0.3, -0.25) is 19.6 Å². The maximum absolute atomic E-state index is 13.8. The Kier molecular flexibility index (Phi) is 9.24. The second kappa shape index (κ2) is 14.3. The number of amides is 2. The van der Waals surface area contributed by atoms with E-state index in [2.05, 4.69) is 51.0 Å². The average Bonchev–Trinajstić information content (AvgIpc) is 3.82. The van der Waals surface area contributed by atoms with Crippen molar-refractivity contribution in [2.24, 2.45) is 9.98 Å². The molecular formula is C41H35BrN4O6S2. The van der Waals surface area contributed by atoms with E-state index in [1.807, 2.05) is 28.3 Å². The second-order valence-electron chi connectivity index (χ2n) is 13.6. The molecule has 10 nitrogen and oxygen atoms in total. The number of thiophene rings is 2. The van der Waals surface area contributed by atoms with Gasteiger partial charge in [-0.05, 0) is 68.9 Å². The Morgan fingerprint density at radius 1 is 0.667 bits per heavy atom. The molecule has 9 rings (SSSR count). The fourth-order valence-corrected chi connectivity index (χ4v) is 9.75. The molecule has 6 heterocycles. The van der Waals surface area contributed by atoms with Gasteiger partial charge in [-0.1, -0.05) is 28.1 Å². The molecule has 0 saturated carbocycles. The zero-order chi connectivity index (χ0) is 36.9. The maximum Gasteiger partial charge on any atom is 0.257 e. The van der Waals surface area contributed by atoms with E-state index in [0.717, 1.165) is 29.5 Å². The van der Waals surface area contributed by atoms with Crippen LogP contribution in [0.4, 0.5) is 11.4 Å². The molecule has 0 spiro atoms.